The monoisotopic (exact) mass is 262 g/mol. The first-order valence-corrected chi connectivity index (χ1v) is 7.28. The Morgan fingerprint density at radius 1 is 1.50 bits per heavy atom. The molecule has 0 radical (unpaired) electrons. The summed E-state index contributed by atoms with van der Waals surface area (Å²) in [5.74, 6) is 1.12. The molecule has 96 valence electrons. The van der Waals surface area contributed by atoms with Crippen molar-refractivity contribution in [2.75, 3.05) is 20.1 Å². The third-order valence-corrected chi connectivity index (χ3v) is 4.30. The van der Waals surface area contributed by atoms with Gasteiger partial charge in [0.05, 0.1) is 12.3 Å². The van der Waals surface area contributed by atoms with Crippen molar-refractivity contribution in [2.24, 2.45) is 0 Å². The molecule has 18 heavy (non-hydrogen) atoms. The lowest BCUT2D eigenvalue weighted by atomic mass is 10.1. The van der Waals surface area contributed by atoms with Crippen molar-refractivity contribution in [3.05, 3.63) is 46.0 Å². The molecule has 0 aromatic carbocycles. The van der Waals surface area contributed by atoms with Crippen molar-refractivity contribution in [2.45, 2.75) is 19.0 Å². The molecular weight excluding hydrogens is 244 g/mol. The molecule has 2 aromatic rings. The second-order valence-electron chi connectivity index (χ2n) is 4.77. The van der Waals surface area contributed by atoms with Gasteiger partial charge in [0.25, 0.3) is 0 Å². The van der Waals surface area contributed by atoms with E-state index in [0.717, 1.165) is 31.8 Å². The van der Waals surface area contributed by atoms with Crippen molar-refractivity contribution < 1.29 is 4.42 Å². The molecule has 0 saturated heterocycles. The Kier molecular flexibility index (Phi) is 3.50. The zero-order valence-electron chi connectivity index (χ0n) is 10.6. The molecule has 0 spiro atoms. The van der Waals surface area contributed by atoms with Gasteiger partial charge in [-0.1, -0.05) is 0 Å². The van der Waals surface area contributed by atoms with Gasteiger partial charge in [0.2, 0.25) is 0 Å². The number of thiophene rings is 1. The van der Waals surface area contributed by atoms with Crippen LogP contribution in [0.3, 0.4) is 0 Å². The number of likely N-dealkylation sites (N-methyl/N-ethyl adjacent to an activating group) is 1. The van der Waals surface area contributed by atoms with Gasteiger partial charge in [-0.25, -0.2) is 0 Å². The van der Waals surface area contributed by atoms with E-state index in [0.29, 0.717) is 6.04 Å². The number of furan rings is 1. The standard InChI is InChI=1S/C14H18N2OS/c1-15-13-9-16(8-11-4-7-18-10-11)5-2-12-3-6-17-14(12)13/h3-4,6-7,10,13,15H,2,5,8-9H2,1H3. The van der Waals surface area contributed by atoms with E-state index < -0.39 is 0 Å². The molecule has 0 bridgehead atoms. The van der Waals surface area contributed by atoms with Crippen LogP contribution < -0.4 is 5.32 Å². The first-order chi connectivity index (χ1) is 8.86. The van der Waals surface area contributed by atoms with Crippen LogP contribution in [0.1, 0.15) is 22.9 Å². The molecule has 0 saturated carbocycles. The fraction of sp³-hybridized carbons (Fsp3) is 0.429. The summed E-state index contributed by atoms with van der Waals surface area (Å²) < 4.78 is 5.64. The quantitative estimate of drug-likeness (QED) is 0.922. The van der Waals surface area contributed by atoms with Crippen LogP contribution in [0.25, 0.3) is 0 Å². The van der Waals surface area contributed by atoms with Gasteiger partial charge in [-0.05, 0) is 47.5 Å². The Morgan fingerprint density at radius 2 is 2.44 bits per heavy atom. The van der Waals surface area contributed by atoms with E-state index in [1.165, 1.54) is 11.1 Å². The summed E-state index contributed by atoms with van der Waals surface area (Å²) in [7, 11) is 2.01. The highest BCUT2D eigenvalue weighted by molar-refractivity contribution is 7.07. The molecule has 4 heteroatoms. The lowest BCUT2D eigenvalue weighted by Gasteiger charge is -2.23. The number of hydrogen-bond donors (Lipinski definition) is 1. The fourth-order valence-electron chi connectivity index (χ4n) is 2.58. The number of fused-ring (bicyclic) bond motifs is 1. The predicted octanol–water partition coefficient (Wildman–Crippen LogP) is 2.66. The van der Waals surface area contributed by atoms with Gasteiger partial charge in [0.15, 0.2) is 0 Å². The number of nitrogens with zero attached hydrogens (tertiary/aromatic N) is 1. The SMILES string of the molecule is CNC1CN(Cc2ccsc2)CCc2ccoc21. The molecule has 1 N–H and O–H groups in total. The second kappa shape index (κ2) is 5.26. The summed E-state index contributed by atoms with van der Waals surface area (Å²) in [4.78, 5) is 2.50. The lowest BCUT2D eigenvalue weighted by molar-refractivity contribution is 0.240. The summed E-state index contributed by atoms with van der Waals surface area (Å²) in [5.41, 5.74) is 2.76. The first kappa shape index (κ1) is 12.0. The van der Waals surface area contributed by atoms with Crippen LogP contribution in [0.5, 0.6) is 0 Å². The maximum absolute atomic E-state index is 5.64. The molecule has 1 aliphatic rings. The number of hydrogen-bond acceptors (Lipinski definition) is 4. The van der Waals surface area contributed by atoms with Crippen molar-refractivity contribution >= 4 is 11.3 Å². The van der Waals surface area contributed by atoms with Crippen molar-refractivity contribution in [3.63, 3.8) is 0 Å². The lowest BCUT2D eigenvalue weighted by Crippen LogP contribution is -2.32. The van der Waals surface area contributed by atoms with E-state index in [1.807, 2.05) is 13.3 Å². The Morgan fingerprint density at radius 3 is 3.22 bits per heavy atom. The fourth-order valence-corrected chi connectivity index (χ4v) is 3.24. The van der Waals surface area contributed by atoms with E-state index >= 15 is 0 Å². The molecule has 2 aromatic heterocycles. The minimum Gasteiger partial charge on any atom is -0.467 e. The van der Waals surface area contributed by atoms with E-state index in [1.54, 1.807) is 11.3 Å². The summed E-state index contributed by atoms with van der Waals surface area (Å²) in [5, 5.41) is 7.74. The molecule has 0 aliphatic carbocycles. The van der Waals surface area contributed by atoms with Crippen LogP contribution in [0.4, 0.5) is 0 Å². The third kappa shape index (κ3) is 2.36. The Hall–Kier alpha value is -1.10. The van der Waals surface area contributed by atoms with Crippen LogP contribution in [-0.4, -0.2) is 25.0 Å². The van der Waals surface area contributed by atoms with Gasteiger partial charge in [0.1, 0.15) is 5.76 Å². The van der Waals surface area contributed by atoms with E-state index in [2.05, 4.69) is 33.1 Å². The van der Waals surface area contributed by atoms with Crippen molar-refractivity contribution in [1.29, 1.82) is 0 Å². The minimum absolute atomic E-state index is 0.302. The van der Waals surface area contributed by atoms with Gasteiger partial charge in [-0.2, -0.15) is 11.3 Å². The molecule has 1 aliphatic heterocycles. The van der Waals surface area contributed by atoms with Crippen LogP contribution >= 0.6 is 11.3 Å². The maximum Gasteiger partial charge on any atom is 0.125 e. The van der Waals surface area contributed by atoms with Crippen LogP contribution in [0.15, 0.2) is 33.6 Å². The highest BCUT2D eigenvalue weighted by atomic mass is 32.1. The molecule has 0 fully saturated rings. The molecule has 3 rings (SSSR count). The highest BCUT2D eigenvalue weighted by Crippen LogP contribution is 2.25. The van der Waals surface area contributed by atoms with E-state index in [-0.39, 0.29) is 0 Å². The third-order valence-electron chi connectivity index (χ3n) is 3.57. The molecule has 3 nitrogen and oxygen atoms in total. The predicted molar refractivity (Wildman–Crippen MR) is 73.8 cm³/mol. The Balaban J connectivity index is 1.75. The molecular formula is C14H18N2OS. The Labute approximate surface area is 111 Å². The minimum atomic E-state index is 0.302. The van der Waals surface area contributed by atoms with Gasteiger partial charge >= 0.3 is 0 Å². The van der Waals surface area contributed by atoms with E-state index in [9.17, 15) is 0 Å². The maximum atomic E-state index is 5.64. The number of rotatable bonds is 3. The van der Waals surface area contributed by atoms with E-state index in [4.69, 9.17) is 4.42 Å². The number of nitrogens with one attached hydrogen (secondary N) is 1. The first-order valence-electron chi connectivity index (χ1n) is 6.34. The highest BCUT2D eigenvalue weighted by Gasteiger charge is 2.24. The summed E-state index contributed by atoms with van der Waals surface area (Å²) in [6.07, 6.45) is 2.89. The average molecular weight is 262 g/mol. The summed E-state index contributed by atoms with van der Waals surface area (Å²) in [6.45, 7) is 3.14. The zero-order valence-corrected chi connectivity index (χ0v) is 11.4. The smallest absolute Gasteiger partial charge is 0.125 e. The summed E-state index contributed by atoms with van der Waals surface area (Å²) >= 11 is 1.77. The zero-order chi connectivity index (χ0) is 12.4. The Bertz CT molecular complexity index is 492. The van der Waals surface area contributed by atoms with Crippen LogP contribution in [0.2, 0.25) is 0 Å². The normalized spacial score (nSPS) is 20.6. The van der Waals surface area contributed by atoms with Gasteiger partial charge in [-0.3, -0.25) is 4.90 Å². The molecule has 1 unspecified atom stereocenters. The van der Waals surface area contributed by atoms with Crippen molar-refractivity contribution in [1.82, 2.24) is 10.2 Å². The van der Waals surface area contributed by atoms with Crippen LogP contribution in [-0.2, 0) is 13.0 Å². The van der Waals surface area contributed by atoms with Gasteiger partial charge in [0, 0.05) is 19.6 Å². The van der Waals surface area contributed by atoms with Crippen molar-refractivity contribution in [3.8, 4) is 0 Å². The topological polar surface area (TPSA) is 28.4 Å². The average Bonchev–Trinajstić information content (AvgIpc) is 3.01. The van der Waals surface area contributed by atoms with Crippen LogP contribution in [0, 0.1) is 0 Å². The summed E-state index contributed by atoms with van der Waals surface area (Å²) in [6, 6.07) is 4.62. The van der Waals surface area contributed by atoms with Gasteiger partial charge < -0.3 is 9.73 Å². The second-order valence-corrected chi connectivity index (χ2v) is 5.55. The van der Waals surface area contributed by atoms with Gasteiger partial charge in [-0.15, -0.1) is 0 Å². The molecule has 0 amide bonds. The largest absolute Gasteiger partial charge is 0.467 e. The molecule has 1 atom stereocenters. The molecule has 3 heterocycles.